The lowest BCUT2D eigenvalue weighted by molar-refractivity contribution is -0.110. The van der Waals surface area contributed by atoms with Crippen LogP contribution in [0.4, 0.5) is 15.8 Å². The quantitative estimate of drug-likeness (QED) is 0.608. The maximum atomic E-state index is 14.5. The second kappa shape index (κ2) is 7.91. The van der Waals surface area contributed by atoms with Crippen LogP contribution in [0.3, 0.4) is 0 Å². The first-order chi connectivity index (χ1) is 14.9. The number of halogens is 1. The van der Waals surface area contributed by atoms with Crippen LogP contribution in [0.15, 0.2) is 48.6 Å². The van der Waals surface area contributed by atoms with Crippen molar-refractivity contribution in [3.05, 3.63) is 59.9 Å². The molecule has 31 heavy (non-hydrogen) atoms. The zero-order chi connectivity index (χ0) is 22.1. The Bertz CT molecular complexity index is 1260. The highest BCUT2D eigenvalue weighted by Gasteiger charge is 2.28. The van der Waals surface area contributed by atoms with Gasteiger partial charge in [0.25, 0.3) is 5.91 Å². The number of nitrogens with one attached hydrogen (secondary N) is 2. The van der Waals surface area contributed by atoms with E-state index in [0.29, 0.717) is 39.7 Å². The number of aromatic nitrogens is 3. The maximum Gasteiger partial charge on any atom is 0.258 e. The zero-order valence-electron chi connectivity index (χ0n) is 17.1. The lowest BCUT2D eigenvalue weighted by atomic mass is 10.0. The summed E-state index contributed by atoms with van der Waals surface area (Å²) < 4.78 is 21.3. The third-order valence-electron chi connectivity index (χ3n) is 4.99. The van der Waals surface area contributed by atoms with E-state index < -0.39 is 11.9 Å². The standard InChI is InChI=1S/C22H19FN6O2/c1-12(8-24)29-11-14(9-26-29)27-13(2)20-15-7-17(25-10-18(15)28-22(20)30)21-16(23)5-4-6-19(21)31-3/h4-7,9-12,27H,1-3H3,(H,28,30)/b20-13-/t12-/m0/s1. The second-order valence-corrected chi connectivity index (χ2v) is 7.03. The van der Waals surface area contributed by atoms with Crippen molar-refractivity contribution in [3.63, 3.8) is 0 Å². The number of nitriles is 1. The van der Waals surface area contributed by atoms with Gasteiger partial charge in [0, 0.05) is 17.5 Å². The average molecular weight is 418 g/mol. The van der Waals surface area contributed by atoms with Gasteiger partial charge >= 0.3 is 0 Å². The lowest BCUT2D eigenvalue weighted by Crippen LogP contribution is -2.08. The molecule has 1 aliphatic heterocycles. The third-order valence-corrected chi connectivity index (χ3v) is 4.99. The number of rotatable bonds is 5. The van der Waals surface area contributed by atoms with E-state index in [1.54, 1.807) is 44.4 Å². The van der Waals surface area contributed by atoms with Crippen LogP contribution < -0.4 is 15.4 Å². The summed E-state index contributed by atoms with van der Waals surface area (Å²) in [5.41, 5.74) is 3.35. The highest BCUT2D eigenvalue weighted by molar-refractivity contribution is 6.32. The summed E-state index contributed by atoms with van der Waals surface area (Å²) in [4.78, 5) is 17.0. The third kappa shape index (κ3) is 3.59. The Morgan fingerprint density at radius 2 is 2.19 bits per heavy atom. The Hall–Kier alpha value is -4.19. The Balaban J connectivity index is 1.75. The normalized spacial score (nSPS) is 15.0. The molecule has 0 radical (unpaired) electrons. The van der Waals surface area contributed by atoms with E-state index in [2.05, 4.69) is 26.8 Å². The average Bonchev–Trinajstić information content (AvgIpc) is 3.35. The van der Waals surface area contributed by atoms with Gasteiger partial charge in [-0.2, -0.15) is 10.4 Å². The molecule has 0 fully saturated rings. The van der Waals surface area contributed by atoms with Gasteiger partial charge in [0.05, 0.1) is 53.8 Å². The molecule has 9 heteroatoms. The molecular formula is C22H19FN6O2. The number of hydrogen-bond donors (Lipinski definition) is 2. The highest BCUT2D eigenvalue weighted by Crippen LogP contribution is 2.38. The molecule has 1 aliphatic rings. The number of benzene rings is 1. The molecule has 3 aromatic rings. The summed E-state index contributed by atoms with van der Waals surface area (Å²) in [6.45, 7) is 3.49. The van der Waals surface area contributed by atoms with Crippen molar-refractivity contribution in [1.29, 1.82) is 5.26 Å². The fourth-order valence-electron chi connectivity index (χ4n) is 3.45. The van der Waals surface area contributed by atoms with Gasteiger partial charge in [0.1, 0.15) is 17.6 Å². The highest BCUT2D eigenvalue weighted by atomic mass is 19.1. The molecule has 1 atom stereocenters. The number of pyridine rings is 1. The fraction of sp³-hybridized carbons (Fsp3) is 0.182. The molecule has 2 aromatic heterocycles. The summed E-state index contributed by atoms with van der Waals surface area (Å²) in [6, 6.07) is 7.90. The molecule has 0 bridgehead atoms. The van der Waals surface area contributed by atoms with Gasteiger partial charge in [-0.05, 0) is 32.0 Å². The number of carbonyl (C=O) groups is 1. The number of nitrogens with zero attached hydrogens (tertiary/aromatic N) is 4. The van der Waals surface area contributed by atoms with Gasteiger partial charge in [0.2, 0.25) is 0 Å². The second-order valence-electron chi connectivity index (χ2n) is 7.03. The van der Waals surface area contributed by atoms with Crippen molar-refractivity contribution in [2.75, 3.05) is 17.7 Å². The van der Waals surface area contributed by atoms with Crippen LogP contribution >= 0.6 is 0 Å². The van der Waals surface area contributed by atoms with Crippen LogP contribution in [0.2, 0.25) is 0 Å². The zero-order valence-corrected chi connectivity index (χ0v) is 17.1. The Morgan fingerprint density at radius 1 is 1.39 bits per heavy atom. The summed E-state index contributed by atoms with van der Waals surface area (Å²) in [5, 5.41) is 19.1. The van der Waals surface area contributed by atoms with Crippen LogP contribution in [0.25, 0.3) is 16.8 Å². The summed E-state index contributed by atoms with van der Waals surface area (Å²) in [7, 11) is 1.46. The number of allylic oxidation sites excluding steroid dienone is 1. The van der Waals surface area contributed by atoms with Crippen molar-refractivity contribution >= 4 is 22.9 Å². The molecule has 0 saturated heterocycles. The van der Waals surface area contributed by atoms with E-state index in [-0.39, 0.29) is 11.5 Å². The van der Waals surface area contributed by atoms with Crippen molar-refractivity contribution in [2.24, 2.45) is 0 Å². The molecule has 1 amide bonds. The van der Waals surface area contributed by atoms with Crippen LogP contribution in [0.1, 0.15) is 25.5 Å². The van der Waals surface area contributed by atoms with Crippen LogP contribution in [0.5, 0.6) is 5.75 Å². The summed E-state index contributed by atoms with van der Waals surface area (Å²) in [6.07, 6.45) is 4.77. The first kappa shape index (κ1) is 20.1. The molecule has 2 N–H and O–H groups in total. The monoisotopic (exact) mass is 418 g/mol. The molecule has 0 saturated carbocycles. The largest absolute Gasteiger partial charge is 0.496 e. The van der Waals surface area contributed by atoms with E-state index in [4.69, 9.17) is 10.00 Å². The van der Waals surface area contributed by atoms with Gasteiger partial charge in [-0.3, -0.25) is 14.5 Å². The molecule has 1 aromatic carbocycles. The molecule has 156 valence electrons. The number of fused-ring (bicyclic) bond motifs is 1. The number of carbonyl (C=O) groups excluding carboxylic acids is 1. The van der Waals surface area contributed by atoms with Gasteiger partial charge in [0.15, 0.2) is 0 Å². The van der Waals surface area contributed by atoms with Crippen LogP contribution in [-0.2, 0) is 4.79 Å². The Kier molecular flexibility index (Phi) is 5.13. The van der Waals surface area contributed by atoms with E-state index in [0.717, 1.165) is 0 Å². The molecule has 0 unspecified atom stereocenters. The number of hydrogen-bond acceptors (Lipinski definition) is 6. The number of amides is 1. The lowest BCUT2D eigenvalue weighted by Gasteiger charge is -2.11. The van der Waals surface area contributed by atoms with Crippen molar-refractivity contribution in [1.82, 2.24) is 14.8 Å². The molecule has 0 spiro atoms. The number of ether oxygens (including phenoxy) is 1. The maximum absolute atomic E-state index is 14.5. The first-order valence-electron chi connectivity index (χ1n) is 9.49. The Labute approximate surface area is 178 Å². The smallest absolute Gasteiger partial charge is 0.258 e. The van der Waals surface area contributed by atoms with Gasteiger partial charge < -0.3 is 15.4 Å². The van der Waals surface area contributed by atoms with Gasteiger partial charge in [-0.1, -0.05) is 6.07 Å². The van der Waals surface area contributed by atoms with Gasteiger partial charge in [-0.15, -0.1) is 0 Å². The predicted octanol–water partition coefficient (Wildman–Crippen LogP) is 3.97. The minimum absolute atomic E-state index is 0.226. The fourth-order valence-corrected chi connectivity index (χ4v) is 3.45. The molecule has 3 heterocycles. The Morgan fingerprint density at radius 3 is 2.94 bits per heavy atom. The number of anilines is 2. The first-order valence-corrected chi connectivity index (χ1v) is 9.49. The summed E-state index contributed by atoms with van der Waals surface area (Å²) in [5.74, 6) is -0.412. The predicted molar refractivity (Wildman–Crippen MR) is 114 cm³/mol. The van der Waals surface area contributed by atoms with Crippen molar-refractivity contribution in [2.45, 2.75) is 19.9 Å². The molecular weight excluding hydrogens is 399 g/mol. The SMILES string of the molecule is COc1cccc(F)c1-c1cc2c(cn1)NC(=O)/C2=C(/C)Nc1cnn([C@@H](C)C#N)c1. The van der Waals surface area contributed by atoms with Crippen LogP contribution in [0, 0.1) is 17.1 Å². The van der Waals surface area contributed by atoms with Crippen molar-refractivity contribution in [3.8, 4) is 23.1 Å². The van der Waals surface area contributed by atoms with Crippen molar-refractivity contribution < 1.29 is 13.9 Å². The van der Waals surface area contributed by atoms with Gasteiger partial charge in [-0.25, -0.2) is 4.39 Å². The summed E-state index contributed by atoms with van der Waals surface area (Å²) >= 11 is 0. The molecule has 0 aliphatic carbocycles. The van der Waals surface area contributed by atoms with E-state index in [1.807, 2.05) is 0 Å². The van der Waals surface area contributed by atoms with E-state index in [9.17, 15) is 9.18 Å². The molecule has 8 nitrogen and oxygen atoms in total. The van der Waals surface area contributed by atoms with E-state index >= 15 is 0 Å². The minimum Gasteiger partial charge on any atom is -0.496 e. The van der Waals surface area contributed by atoms with Crippen LogP contribution in [-0.4, -0.2) is 27.8 Å². The van der Waals surface area contributed by atoms with E-state index in [1.165, 1.54) is 24.1 Å². The topological polar surface area (TPSA) is 105 Å². The minimum atomic E-state index is -0.469. The molecule has 4 rings (SSSR count). The number of methoxy groups -OCH3 is 1.